The first-order valence-corrected chi connectivity index (χ1v) is 9.29. The van der Waals surface area contributed by atoms with Crippen LogP contribution in [0, 0.1) is 11.3 Å². The predicted molar refractivity (Wildman–Crippen MR) is 102 cm³/mol. The summed E-state index contributed by atoms with van der Waals surface area (Å²) in [5, 5.41) is 7.43. The molecule has 2 aliphatic rings. The molecule has 1 aromatic rings. The van der Waals surface area contributed by atoms with Crippen molar-refractivity contribution < 1.29 is 4.79 Å². The molecule has 134 valence electrons. The average molecular weight is 371 g/mol. The van der Waals surface area contributed by atoms with Gasteiger partial charge >= 0.3 is 0 Å². The van der Waals surface area contributed by atoms with E-state index in [1.807, 2.05) is 18.2 Å². The van der Waals surface area contributed by atoms with Crippen LogP contribution < -0.4 is 10.6 Å². The predicted octanol–water partition coefficient (Wildman–Crippen LogP) is 3.98. The largest absolute Gasteiger partial charge is 0.355 e. The Balaban J connectivity index is 0.00000208. The topological polar surface area (TPSA) is 41.1 Å². The van der Waals surface area contributed by atoms with E-state index in [1.165, 1.54) is 18.4 Å². The molecule has 2 fully saturated rings. The lowest BCUT2D eigenvalue weighted by Gasteiger charge is -2.30. The van der Waals surface area contributed by atoms with Gasteiger partial charge in [0, 0.05) is 11.6 Å². The number of piperidine rings is 1. The minimum Gasteiger partial charge on any atom is -0.355 e. The molecule has 3 nitrogen and oxygen atoms in total. The maximum atomic E-state index is 12.9. The van der Waals surface area contributed by atoms with Crippen LogP contribution in [0.15, 0.2) is 24.3 Å². The molecule has 1 aliphatic heterocycles. The number of nitrogens with one attached hydrogen (secondary N) is 2. The van der Waals surface area contributed by atoms with E-state index in [1.54, 1.807) is 0 Å². The molecule has 0 aromatic heterocycles. The molecule has 1 unspecified atom stereocenters. The van der Waals surface area contributed by atoms with Crippen molar-refractivity contribution in [2.45, 2.75) is 44.9 Å². The molecule has 24 heavy (non-hydrogen) atoms. The minimum atomic E-state index is -0.229. The Kier molecular flexibility index (Phi) is 7.39. The van der Waals surface area contributed by atoms with E-state index in [9.17, 15) is 4.79 Å². The Hall–Kier alpha value is -0.770. The molecule has 5 heteroatoms. The molecule has 3 rings (SSSR count). The number of rotatable bonds is 5. The highest BCUT2D eigenvalue weighted by Gasteiger charge is 2.41. The van der Waals surface area contributed by atoms with Gasteiger partial charge in [0.1, 0.15) is 0 Å². The third-order valence-electron chi connectivity index (χ3n) is 5.42. The van der Waals surface area contributed by atoms with Crippen molar-refractivity contribution in [1.29, 1.82) is 0 Å². The summed E-state index contributed by atoms with van der Waals surface area (Å²) in [4.78, 5) is 12.9. The Morgan fingerprint density at radius 1 is 1.29 bits per heavy atom. The molecule has 0 radical (unpaired) electrons. The zero-order valence-corrected chi connectivity index (χ0v) is 15.7. The molecular formula is C19H28Cl2N2O. The zero-order chi connectivity index (χ0) is 16.1. The minimum absolute atomic E-state index is 0. The second-order valence-corrected chi connectivity index (χ2v) is 7.65. The Bertz CT molecular complexity index is 538. The van der Waals surface area contributed by atoms with Gasteiger partial charge in [-0.3, -0.25) is 4.79 Å². The first kappa shape index (κ1) is 19.6. The number of amides is 1. The Labute approximate surface area is 156 Å². The van der Waals surface area contributed by atoms with Crippen LogP contribution in [0.25, 0.3) is 0 Å². The van der Waals surface area contributed by atoms with E-state index in [4.69, 9.17) is 11.6 Å². The summed E-state index contributed by atoms with van der Waals surface area (Å²) < 4.78 is 0. The summed E-state index contributed by atoms with van der Waals surface area (Å²) >= 11 is 6.11. The molecular weight excluding hydrogens is 343 g/mol. The summed E-state index contributed by atoms with van der Waals surface area (Å²) in [5.74, 6) is 0.831. The van der Waals surface area contributed by atoms with Gasteiger partial charge in [0.05, 0.1) is 5.41 Å². The van der Waals surface area contributed by atoms with Crippen LogP contribution in [0.3, 0.4) is 0 Å². The average Bonchev–Trinajstić information content (AvgIpc) is 3.03. The van der Waals surface area contributed by atoms with E-state index in [0.717, 1.165) is 56.8 Å². The lowest BCUT2D eigenvalue weighted by Crippen LogP contribution is -2.45. The monoisotopic (exact) mass is 370 g/mol. The maximum Gasteiger partial charge on any atom is 0.226 e. The molecule has 1 saturated heterocycles. The number of hydrogen-bond donors (Lipinski definition) is 2. The SMILES string of the molecule is Cl.O=C(NCC1CCCNC1)C1(Cc2cccc(Cl)c2)CCCC1. The number of carbonyl (C=O) groups excluding carboxylic acids is 1. The number of carbonyl (C=O) groups is 1. The summed E-state index contributed by atoms with van der Waals surface area (Å²) in [6.45, 7) is 2.95. The molecule has 0 spiro atoms. The fourth-order valence-corrected chi connectivity index (χ4v) is 4.31. The van der Waals surface area contributed by atoms with E-state index in [0.29, 0.717) is 5.92 Å². The molecule has 0 bridgehead atoms. The quantitative estimate of drug-likeness (QED) is 0.822. The number of hydrogen-bond acceptors (Lipinski definition) is 2. The van der Waals surface area contributed by atoms with Crippen LogP contribution in [0.1, 0.15) is 44.1 Å². The fraction of sp³-hybridized carbons (Fsp3) is 0.632. The molecule has 2 N–H and O–H groups in total. The molecule has 1 heterocycles. The second kappa shape index (κ2) is 9.07. The summed E-state index contributed by atoms with van der Waals surface area (Å²) in [5.41, 5.74) is 0.946. The van der Waals surface area contributed by atoms with Gasteiger partial charge < -0.3 is 10.6 Å². The van der Waals surface area contributed by atoms with Crippen molar-refractivity contribution in [2.75, 3.05) is 19.6 Å². The third-order valence-corrected chi connectivity index (χ3v) is 5.66. The van der Waals surface area contributed by atoms with Crippen molar-refractivity contribution >= 4 is 29.9 Å². The van der Waals surface area contributed by atoms with E-state index in [2.05, 4.69) is 16.7 Å². The highest BCUT2D eigenvalue weighted by Crippen LogP contribution is 2.41. The van der Waals surface area contributed by atoms with Crippen LogP contribution >= 0.6 is 24.0 Å². The summed E-state index contributed by atoms with van der Waals surface area (Å²) in [7, 11) is 0. The van der Waals surface area contributed by atoms with E-state index in [-0.39, 0.29) is 23.7 Å². The van der Waals surface area contributed by atoms with Gasteiger partial charge in [-0.15, -0.1) is 12.4 Å². The number of benzene rings is 1. The van der Waals surface area contributed by atoms with E-state index >= 15 is 0 Å². The summed E-state index contributed by atoms with van der Waals surface area (Å²) in [6, 6.07) is 7.96. The van der Waals surface area contributed by atoms with Gasteiger partial charge in [-0.1, -0.05) is 36.6 Å². The van der Waals surface area contributed by atoms with Gasteiger partial charge in [-0.2, -0.15) is 0 Å². The van der Waals surface area contributed by atoms with Crippen molar-refractivity contribution in [2.24, 2.45) is 11.3 Å². The second-order valence-electron chi connectivity index (χ2n) is 7.22. The molecule has 1 atom stereocenters. The van der Waals surface area contributed by atoms with Crippen molar-refractivity contribution in [3.63, 3.8) is 0 Å². The van der Waals surface area contributed by atoms with Crippen LogP contribution in [0.5, 0.6) is 0 Å². The highest BCUT2D eigenvalue weighted by molar-refractivity contribution is 6.30. The number of halogens is 2. The van der Waals surface area contributed by atoms with Crippen LogP contribution in [0.4, 0.5) is 0 Å². The lowest BCUT2D eigenvalue weighted by atomic mass is 9.79. The first-order valence-electron chi connectivity index (χ1n) is 8.91. The third kappa shape index (κ3) is 4.87. The van der Waals surface area contributed by atoms with Crippen LogP contribution in [0.2, 0.25) is 5.02 Å². The lowest BCUT2D eigenvalue weighted by molar-refractivity contribution is -0.131. The maximum absolute atomic E-state index is 12.9. The van der Waals surface area contributed by atoms with Crippen LogP contribution in [-0.2, 0) is 11.2 Å². The Morgan fingerprint density at radius 2 is 2.08 bits per heavy atom. The van der Waals surface area contributed by atoms with Crippen molar-refractivity contribution in [1.82, 2.24) is 10.6 Å². The normalized spacial score (nSPS) is 22.6. The highest BCUT2D eigenvalue weighted by atomic mass is 35.5. The summed E-state index contributed by atoms with van der Waals surface area (Å²) in [6.07, 6.45) is 7.53. The Morgan fingerprint density at radius 3 is 2.75 bits per heavy atom. The first-order chi connectivity index (χ1) is 11.2. The van der Waals surface area contributed by atoms with Crippen molar-refractivity contribution in [3.8, 4) is 0 Å². The zero-order valence-electron chi connectivity index (χ0n) is 14.2. The molecule has 1 aliphatic carbocycles. The molecule has 1 saturated carbocycles. The molecule has 1 aromatic carbocycles. The van der Waals surface area contributed by atoms with Gasteiger partial charge in [-0.25, -0.2) is 0 Å². The fourth-order valence-electron chi connectivity index (χ4n) is 4.10. The van der Waals surface area contributed by atoms with Gasteiger partial charge in [0.2, 0.25) is 5.91 Å². The van der Waals surface area contributed by atoms with Crippen LogP contribution in [-0.4, -0.2) is 25.5 Å². The van der Waals surface area contributed by atoms with Gasteiger partial charge in [0.25, 0.3) is 0 Å². The molecule has 1 amide bonds. The standard InChI is InChI=1S/C19H27ClN2O.ClH/c20-17-7-3-5-15(11-17)12-19(8-1-2-9-19)18(23)22-14-16-6-4-10-21-13-16;/h3,5,7,11,16,21H,1-2,4,6,8-10,12-14H2,(H,22,23);1H. The smallest absolute Gasteiger partial charge is 0.226 e. The van der Waals surface area contributed by atoms with Crippen molar-refractivity contribution in [3.05, 3.63) is 34.9 Å². The van der Waals surface area contributed by atoms with E-state index < -0.39 is 0 Å². The van der Waals surface area contributed by atoms with Gasteiger partial charge in [0.15, 0.2) is 0 Å². The van der Waals surface area contributed by atoms with Gasteiger partial charge in [-0.05, 0) is 68.8 Å².